The molecule has 2 aromatic rings. The Labute approximate surface area is 154 Å². The average Bonchev–Trinajstić information content (AvgIpc) is 3.15. The number of benzene rings is 1. The second kappa shape index (κ2) is 11.0. The van der Waals surface area contributed by atoms with Gasteiger partial charge in [-0.05, 0) is 38.8 Å². The third-order valence-corrected chi connectivity index (χ3v) is 3.63. The summed E-state index contributed by atoms with van der Waals surface area (Å²) in [5.74, 6) is 2.18. The van der Waals surface area contributed by atoms with Crippen LogP contribution < -0.4 is 20.1 Å². The second-order valence-corrected chi connectivity index (χ2v) is 5.59. The van der Waals surface area contributed by atoms with Crippen LogP contribution in [0.5, 0.6) is 11.5 Å². The molecule has 0 amide bonds. The monoisotopic (exact) mass is 360 g/mol. The molecule has 0 fully saturated rings. The van der Waals surface area contributed by atoms with Crippen molar-refractivity contribution in [2.45, 2.75) is 33.2 Å². The summed E-state index contributed by atoms with van der Waals surface area (Å²) in [7, 11) is 1.64. The number of aliphatic imine (C=N–C) groups is 1. The summed E-state index contributed by atoms with van der Waals surface area (Å²) in [6.07, 6.45) is 5.47. The number of methoxy groups -OCH3 is 1. The maximum atomic E-state index is 5.62. The minimum absolute atomic E-state index is 0.584. The molecule has 0 atom stereocenters. The molecule has 0 bridgehead atoms. The SMILES string of the molecule is CCNC(=NCCCCn1cnnc1)Nc1ccc(OC)c(OCC)c1. The van der Waals surface area contributed by atoms with Crippen molar-refractivity contribution in [1.82, 2.24) is 20.1 Å². The normalized spacial score (nSPS) is 11.3. The Morgan fingerprint density at radius 3 is 2.65 bits per heavy atom. The van der Waals surface area contributed by atoms with Gasteiger partial charge >= 0.3 is 0 Å². The summed E-state index contributed by atoms with van der Waals surface area (Å²) in [5.41, 5.74) is 0.901. The van der Waals surface area contributed by atoms with Crippen molar-refractivity contribution in [2.24, 2.45) is 4.99 Å². The number of ether oxygens (including phenoxy) is 2. The van der Waals surface area contributed by atoms with Gasteiger partial charge < -0.3 is 24.7 Å². The highest BCUT2D eigenvalue weighted by atomic mass is 16.5. The maximum Gasteiger partial charge on any atom is 0.195 e. The van der Waals surface area contributed by atoms with Gasteiger partial charge in [0.2, 0.25) is 0 Å². The zero-order valence-corrected chi connectivity index (χ0v) is 15.7. The summed E-state index contributed by atoms with van der Waals surface area (Å²) in [6, 6.07) is 5.75. The lowest BCUT2D eigenvalue weighted by Crippen LogP contribution is -2.30. The van der Waals surface area contributed by atoms with Gasteiger partial charge in [0.05, 0.1) is 13.7 Å². The molecule has 0 aliphatic carbocycles. The predicted molar refractivity (Wildman–Crippen MR) is 103 cm³/mol. The number of hydrogen-bond acceptors (Lipinski definition) is 5. The summed E-state index contributed by atoms with van der Waals surface area (Å²) >= 11 is 0. The highest BCUT2D eigenvalue weighted by Gasteiger charge is 2.07. The first kappa shape index (κ1) is 19.6. The number of unbranched alkanes of at least 4 members (excludes halogenated alkanes) is 1. The lowest BCUT2D eigenvalue weighted by Gasteiger charge is -2.14. The third kappa shape index (κ3) is 6.27. The van der Waals surface area contributed by atoms with Crippen LogP contribution in [0.3, 0.4) is 0 Å². The number of nitrogens with zero attached hydrogens (tertiary/aromatic N) is 4. The van der Waals surface area contributed by atoms with E-state index in [1.165, 1.54) is 0 Å². The average molecular weight is 360 g/mol. The van der Waals surface area contributed by atoms with Crippen LogP contribution in [0.1, 0.15) is 26.7 Å². The molecular formula is C18H28N6O2. The van der Waals surface area contributed by atoms with Gasteiger partial charge in [0.1, 0.15) is 12.7 Å². The molecule has 142 valence electrons. The largest absolute Gasteiger partial charge is 0.493 e. The summed E-state index contributed by atoms with van der Waals surface area (Å²) in [4.78, 5) is 4.63. The molecule has 8 heteroatoms. The zero-order valence-electron chi connectivity index (χ0n) is 15.7. The molecule has 0 unspecified atom stereocenters. The standard InChI is InChI=1S/C18H28N6O2/c1-4-19-18(20-10-6-7-11-24-13-21-22-14-24)23-15-8-9-16(25-3)17(12-15)26-5-2/h8-9,12-14H,4-7,10-11H2,1-3H3,(H2,19,20,23). The van der Waals surface area contributed by atoms with Gasteiger partial charge in [-0.3, -0.25) is 4.99 Å². The number of hydrogen-bond donors (Lipinski definition) is 2. The van der Waals surface area contributed by atoms with Crippen LogP contribution in [-0.2, 0) is 6.54 Å². The highest BCUT2D eigenvalue weighted by molar-refractivity contribution is 5.93. The van der Waals surface area contributed by atoms with Gasteiger partial charge in [-0.25, -0.2) is 0 Å². The second-order valence-electron chi connectivity index (χ2n) is 5.59. The van der Waals surface area contributed by atoms with E-state index in [1.807, 2.05) is 36.6 Å². The van der Waals surface area contributed by atoms with Crippen LogP contribution in [0.2, 0.25) is 0 Å². The van der Waals surface area contributed by atoms with E-state index >= 15 is 0 Å². The predicted octanol–water partition coefficient (Wildman–Crippen LogP) is 2.54. The molecule has 1 aromatic carbocycles. The Balaban J connectivity index is 1.90. The molecule has 8 nitrogen and oxygen atoms in total. The number of aromatic nitrogens is 3. The summed E-state index contributed by atoms with van der Waals surface area (Å²) in [5, 5.41) is 14.2. The lowest BCUT2D eigenvalue weighted by atomic mass is 10.2. The van der Waals surface area contributed by atoms with Crippen molar-refractivity contribution in [3.05, 3.63) is 30.9 Å². The molecule has 2 N–H and O–H groups in total. The van der Waals surface area contributed by atoms with Gasteiger partial charge in [0.25, 0.3) is 0 Å². The fourth-order valence-corrected chi connectivity index (χ4v) is 2.40. The lowest BCUT2D eigenvalue weighted by molar-refractivity contribution is 0.311. The number of aryl methyl sites for hydroxylation is 1. The minimum Gasteiger partial charge on any atom is -0.493 e. The molecule has 0 spiro atoms. The van der Waals surface area contributed by atoms with Gasteiger partial charge in [-0.15, -0.1) is 10.2 Å². The molecular weight excluding hydrogens is 332 g/mol. The van der Waals surface area contributed by atoms with E-state index in [0.29, 0.717) is 18.1 Å². The molecule has 0 aliphatic rings. The van der Waals surface area contributed by atoms with Crippen LogP contribution in [0, 0.1) is 0 Å². The van der Waals surface area contributed by atoms with Gasteiger partial charge in [0.15, 0.2) is 17.5 Å². The first-order valence-electron chi connectivity index (χ1n) is 8.95. The first-order valence-corrected chi connectivity index (χ1v) is 8.95. The molecule has 0 radical (unpaired) electrons. The van der Waals surface area contributed by atoms with Crippen molar-refractivity contribution >= 4 is 11.6 Å². The smallest absolute Gasteiger partial charge is 0.195 e. The Morgan fingerprint density at radius 2 is 1.96 bits per heavy atom. The third-order valence-electron chi connectivity index (χ3n) is 3.63. The fraction of sp³-hybridized carbons (Fsp3) is 0.500. The van der Waals surface area contributed by atoms with Crippen molar-refractivity contribution in [3.63, 3.8) is 0 Å². The van der Waals surface area contributed by atoms with Crippen LogP contribution in [0.4, 0.5) is 5.69 Å². The van der Waals surface area contributed by atoms with E-state index in [0.717, 1.165) is 44.1 Å². The Bertz CT molecular complexity index is 672. The van der Waals surface area contributed by atoms with Gasteiger partial charge in [-0.2, -0.15) is 0 Å². The van der Waals surface area contributed by atoms with E-state index in [4.69, 9.17) is 9.47 Å². The highest BCUT2D eigenvalue weighted by Crippen LogP contribution is 2.30. The molecule has 2 rings (SSSR count). The molecule has 1 aromatic heterocycles. The van der Waals surface area contributed by atoms with Crippen LogP contribution in [-0.4, -0.2) is 47.5 Å². The van der Waals surface area contributed by atoms with E-state index < -0.39 is 0 Å². The molecule has 26 heavy (non-hydrogen) atoms. The number of rotatable bonds is 10. The first-order chi connectivity index (χ1) is 12.8. The number of anilines is 1. The molecule has 1 heterocycles. The quantitative estimate of drug-likeness (QED) is 0.385. The topological polar surface area (TPSA) is 85.6 Å². The number of nitrogens with one attached hydrogen (secondary N) is 2. The summed E-state index contributed by atoms with van der Waals surface area (Å²) < 4.78 is 12.9. The fourth-order valence-electron chi connectivity index (χ4n) is 2.40. The molecule has 0 saturated heterocycles. The van der Waals surface area contributed by atoms with Crippen molar-refractivity contribution in [1.29, 1.82) is 0 Å². The van der Waals surface area contributed by atoms with Crippen LogP contribution >= 0.6 is 0 Å². The van der Waals surface area contributed by atoms with Gasteiger partial charge in [-0.1, -0.05) is 0 Å². The van der Waals surface area contributed by atoms with Crippen molar-refractivity contribution in [2.75, 3.05) is 32.1 Å². The van der Waals surface area contributed by atoms with E-state index in [9.17, 15) is 0 Å². The van der Waals surface area contributed by atoms with Crippen molar-refractivity contribution < 1.29 is 9.47 Å². The Morgan fingerprint density at radius 1 is 1.15 bits per heavy atom. The zero-order chi connectivity index (χ0) is 18.6. The van der Waals surface area contributed by atoms with Crippen LogP contribution in [0.15, 0.2) is 35.8 Å². The van der Waals surface area contributed by atoms with E-state index in [-0.39, 0.29) is 0 Å². The van der Waals surface area contributed by atoms with Gasteiger partial charge in [0, 0.05) is 31.4 Å². The maximum absolute atomic E-state index is 5.62. The van der Waals surface area contributed by atoms with Crippen LogP contribution in [0.25, 0.3) is 0 Å². The van der Waals surface area contributed by atoms with E-state index in [1.54, 1.807) is 19.8 Å². The minimum atomic E-state index is 0.584. The Kier molecular flexibility index (Phi) is 8.25. The Hall–Kier alpha value is -2.77. The van der Waals surface area contributed by atoms with Crippen molar-refractivity contribution in [3.8, 4) is 11.5 Å². The van der Waals surface area contributed by atoms with E-state index in [2.05, 4.69) is 25.8 Å². The molecule has 0 saturated carbocycles. The number of guanidine groups is 1. The summed E-state index contributed by atoms with van der Waals surface area (Å²) in [6.45, 7) is 7.02. The molecule has 0 aliphatic heterocycles.